The van der Waals surface area contributed by atoms with E-state index in [1.54, 1.807) is 6.92 Å². The maximum atomic E-state index is 13.2. The first-order valence-electron chi connectivity index (χ1n) is 4.73. The summed E-state index contributed by atoms with van der Waals surface area (Å²) in [6.45, 7) is 1.72. The van der Waals surface area contributed by atoms with Gasteiger partial charge < -0.3 is 5.73 Å². The Balaban J connectivity index is 2.70. The molecule has 0 aliphatic rings. The lowest BCUT2D eigenvalue weighted by Crippen LogP contribution is -2.22. The number of rotatable bonds is 3. The lowest BCUT2D eigenvalue weighted by molar-refractivity contribution is 0.493. The van der Waals surface area contributed by atoms with Crippen LogP contribution in [0.2, 0.25) is 0 Å². The van der Waals surface area contributed by atoms with Crippen molar-refractivity contribution in [2.45, 2.75) is 25.8 Å². The molecule has 0 radical (unpaired) electrons. The van der Waals surface area contributed by atoms with Gasteiger partial charge in [0.15, 0.2) is 11.6 Å². The summed E-state index contributed by atoms with van der Waals surface area (Å²) >= 11 is 0. The molecule has 80 valence electrons. The van der Waals surface area contributed by atoms with E-state index in [0.29, 0.717) is 18.4 Å². The molecular formula is C12H13F2N. The first-order valence-corrected chi connectivity index (χ1v) is 4.73. The monoisotopic (exact) mass is 209 g/mol. The third kappa shape index (κ3) is 3.34. The highest BCUT2D eigenvalue weighted by molar-refractivity contribution is 5.20. The maximum Gasteiger partial charge on any atom is 0.162 e. The van der Waals surface area contributed by atoms with Crippen molar-refractivity contribution < 1.29 is 8.78 Å². The Morgan fingerprint density at radius 2 is 2.13 bits per heavy atom. The number of halogens is 2. The fraction of sp³-hybridized carbons (Fsp3) is 0.333. The first-order chi connectivity index (χ1) is 7.15. The second kappa shape index (κ2) is 5.47. The lowest BCUT2D eigenvalue weighted by atomic mass is 10.0. The van der Waals surface area contributed by atoms with Gasteiger partial charge in [0.25, 0.3) is 0 Å². The molecule has 3 heteroatoms. The second-order valence-electron chi connectivity index (χ2n) is 3.31. The molecule has 0 fully saturated rings. The van der Waals surface area contributed by atoms with Crippen LogP contribution in [0.3, 0.4) is 0 Å². The lowest BCUT2D eigenvalue weighted by Gasteiger charge is -2.08. The van der Waals surface area contributed by atoms with Gasteiger partial charge in [-0.2, -0.15) is 0 Å². The van der Waals surface area contributed by atoms with E-state index in [1.807, 2.05) is 0 Å². The molecule has 0 heterocycles. The van der Waals surface area contributed by atoms with Crippen LogP contribution in [0.1, 0.15) is 18.9 Å². The Morgan fingerprint density at radius 3 is 2.80 bits per heavy atom. The van der Waals surface area contributed by atoms with Crippen molar-refractivity contribution in [2.75, 3.05) is 0 Å². The Labute approximate surface area is 88.3 Å². The Morgan fingerprint density at radius 1 is 1.40 bits per heavy atom. The van der Waals surface area contributed by atoms with E-state index in [1.165, 1.54) is 12.1 Å². The molecular weight excluding hydrogens is 196 g/mol. The zero-order valence-electron chi connectivity index (χ0n) is 8.56. The van der Waals surface area contributed by atoms with Gasteiger partial charge in [0.05, 0.1) is 0 Å². The van der Waals surface area contributed by atoms with Crippen molar-refractivity contribution in [1.82, 2.24) is 0 Å². The summed E-state index contributed by atoms with van der Waals surface area (Å²) < 4.78 is 26.1. The van der Waals surface area contributed by atoms with E-state index in [0.717, 1.165) is 6.07 Å². The van der Waals surface area contributed by atoms with E-state index < -0.39 is 11.6 Å². The van der Waals surface area contributed by atoms with E-state index in [-0.39, 0.29) is 6.04 Å². The average Bonchev–Trinajstić information content (AvgIpc) is 2.22. The van der Waals surface area contributed by atoms with Gasteiger partial charge >= 0.3 is 0 Å². The van der Waals surface area contributed by atoms with Gasteiger partial charge in [-0.05, 0) is 25.0 Å². The minimum atomic E-state index is -0.832. The van der Waals surface area contributed by atoms with Gasteiger partial charge in [-0.3, -0.25) is 0 Å². The minimum absolute atomic E-state index is 0.256. The average molecular weight is 209 g/mol. The van der Waals surface area contributed by atoms with Gasteiger partial charge in [0.2, 0.25) is 0 Å². The normalized spacial score (nSPS) is 11.7. The highest BCUT2D eigenvalue weighted by atomic mass is 19.2. The maximum absolute atomic E-state index is 13.2. The van der Waals surface area contributed by atoms with Crippen molar-refractivity contribution in [2.24, 2.45) is 5.73 Å². The van der Waals surface area contributed by atoms with Gasteiger partial charge in [0, 0.05) is 12.5 Å². The topological polar surface area (TPSA) is 26.0 Å². The van der Waals surface area contributed by atoms with Crippen LogP contribution >= 0.6 is 0 Å². The summed E-state index contributed by atoms with van der Waals surface area (Å²) in [6, 6.07) is 3.86. The molecule has 0 bridgehead atoms. The molecule has 0 saturated heterocycles. The van der Waals surface area contributed by atoms with Crippen LogP contribution in [0.25, 0.3) is 0 Å². The number of benzene rings is 1. The molecule has 1 rings (SSSR count). The number of hydrogen-bond acceptors (Lipinski definition) is 1. The van der Waals surface area contributed by atoms with Crippen LogP contribution in [0.5, 0.6) is 0 Å². The molecule has 0 aliphatic carbocycles. The van der Waals surface area contributed by atoms with Crippen molar-refractivity contribution in [3.8, 4) is 11.8 Å². The molecule has 0 aliphatic heterocycles. The summed E-state index contributed by atoms with van der Waals surface area (Å²) in [7, 11) is 0. The molecule has 15 heavy (non-hydrogen) atoms. The van der Waals surface area contributed by atoms with E-state index >= 15 is 0 Å². The predicted octanol–water partition coefficient (Wildman–Crippen LogP) is 2.25. The summed E-state index contributed by atoms with van der Waals surface area (Å²) in [6.07, 6.45) is 0.796. The quantitative estimate of drug-likeness (QED) is 0.759. The van der Waals surface area contributed by atoms with Crippen LogP contribution in [0, 0.1) is 23.5 Å². The third-order valence-corrected chi connectivity index (χ3v) is 2.05. The number of nitrogens with two attached hydrogens (primary N) is 1. The molecule has 0 amide bonds. The predicted molar refractivity (Wildman–Crippen MR) is 56.1 cm³/mol. The first kappa shape index (κ1) is 11.7. The zero-order chi connectivity index (χ0) is 11.3. The summed E-state index contributed by atoms with van der Waals surface area (Å²) in [4.78, 5) is 0. The molecule has 2 N–H and O–H groups in total. The third-order valence-electron chi connectivity index (χ3n) is 2.05. The second-order valence-corrected chi connectivity index (χ2v) is 3.31. The largest absolute Gasteiger partial charge is 0.327 e. The van der Waals surface area contributed by atoms with Crippen molar-refractivity contribution in [3.63, 3.8) is 0 Å². The van der Waals surface area contributed by atoms with Gasteiger partial charge in [-0.25, -0.2) is 8.78 Å². The molecule has 0 saturated carbocycles. The Kier molecular flexibility index (Phi) is 4.26. The molecule has 1 aromatic rings. The van der Waals surface area contributed by atoms with Crippen LogP contribution in [-0.4, -0.2) is 6.04 Å². The molecule has 0 aromatic heterocycles. The number of hydrogen-bond donors (Lipinski definition) is 1. The fourth-order valence-electron chi connectivity index (χ4n) is 1.29. The molecule has 1 nitrogen and oxygen atoms in total. The van der Waals surface area contributed by atoms with Crippen LogP contribution < -0.4 is 5.73 Å². The van der Waals surface area contributed by atoms with Crippen LogP contribution in [-0.2, 0) is 6.42 Å². The SMILES string of the molecule is CC#CCC(N)Cc1cccc(F)c1F. The standard InChI is InChI=1S/C12H13F2N/c1-2-3-6-10(15)8-9-5-4-7-11(13)12(9)14/h4-5,7,10H,6,8,15H2,1H3. The fourth-order valence-corrected chi connectivity index (χ4v) is 1.29. The van der Waals surface area contributed by atoms with Crippen molar-refractivity contribution >= 4 is 0 Å². The summed E-state index contributed by atoms with van der Waals surface area (Å²) in [5, 5.41) is 0. The highest BCUT2D eigenvalue weighted by Crippen LogP contribution is 2.13. The highest BCUT2D eigenvalue weighted by Gasteiger charge is 2.10. The Bertz CT molecular complexity index is 390. The van der Waals surface area contributed by atoms with Crippen LogP contribution in [0.4, 0.5) is 8.78 Å². The van der Waals surface area contributed by atoms with Crippen molar-refractivity contribution in [3.05, 3.63) is 35.4 Å². The van der Waals surface area contributed by atoms with Crippen molar-refractivity contribution in [1.29, 1.82) is 0 Å². The van der Waals surface area contributed by atoms with Crippen LogP contribution in [0.15, 0.2) is 18.2 Å². The van der Waals surface area contributed by atoms with Gasteiger partial charge in [-0.15, -0.1) is 11.8 Å². The smallest absolute Gasteiger partial charge is 0.162 e. The van der Waals surface area contributed by atoms with Gasteiger partial charge in [-0.1, -0.05) is 12.1 Å². The minimum Gasteiger partial charge on any atom is -0.327 e. The Hall–Kier alpha value is -1.40. The van der Waals surface area contributed by atoms with E-state index in [2.05, 4.69) is 11.8 Å². The summed E-state index contributed by atoms with van der Waals surface area (Å²) in [5.41, 5.74) is 6.03. The molecule has 1 atom stereocenters. The zero-order valence-corrected chi connectivity index (χ0v) is 8.56. The molecule has 0 spiro atoms. The molecule has 1 unspecified atom stereocenters. The van der Waals surface area contributed by atoms with E-state index in [4.69, 9.17) is 5.73 Å². The summed E-state index contributed by atoms with van der Waals surface area (Å²) in [5.74, 6) is 3.88. The molecule has 1 aromatic carbocycles. The van der Waals surface area contributed by atoms with E-state index in [9.17, 15) is 8.78 Å². The van der Waals surface area contributed by atoms with Gasteiger partial charge in [0.1, 0.15) is 0 Å².